The largest absolute Gasteiger partial charge is 0.460 e. The minimum atomic E-state index is -0.351. The Morgan fingerprint density at radius 2 is 1.80 bits per heavy atom. The van der Waals surface area contributed by atoms with E-state index in [0.29, 0.717) is 0 Å². The van der Waals surface area contributed by atoms with Crippen molar-refractivity contribution in [1.29, 1.82) is 0 Å². The number of hydrogen-bond acceptors (Lipinski definition) is 2. The van der Waals surface area contributed by atoms with Crippen LogP contribution in [0.2, 0.25) is 0 Å². The van der Waals surface area contributed by atoms with Gasteiger partial charge < -0.3 is 4.74 Å². The van der Waals surface area contributed by atoms with Gasteiger partial charge in [-0.05, 0) is 27.2 Å². The van der Waals surface area contributed by atoms with E-state index < -0.39 is 0 Å². The summed E-state index contributed by atoms with van der Waals surface area (Å²) in [6, 6.07) is 0. The SMILES string of the molecule is CCCCCC(C)C(=O)OC(C)(C)C.Cl. The third-order valence-corrected chi connectivity index (χ3v) is 2.05. The maximum absolute atomic E-state index is 11.5. The monoisotopic (exact) mass is 236 g/mol. The van der Waals surface area contributed by atoms with Crippen LogP contribution in [-0.4, -0.2) is 11.6 Å². The lowest BCUT2D eigenvalue weighted by Gasteiger charge is -2.22. The summed E-state index contributed by atoms with van der Waals surface area (Å²) in [5.41, 5.74) is -0.351. The molecule has 92 valence electrons. The number of unbranched alkanes of at least 4 members (excludes halogenated alkanes) is 2. The molecule has 0 saturated heterocycles. The van der Waals surface area contributed by atoms with E-state index in [-0.39, 0.29) is 29.9 Å². The van der Waals surface area contributed by atoms with Crippen molar-refractivity contribution in [3.63, 3.8) is 0 Å². The third-order valence-electron chi connectivity index (χ3n) is 2.05. The summed E-state index contributed by atoms with van der Waals surface area (Å²) in [6.45, 7) is 9.83. The Hall–Kier alpha value is -0.240. The van der Waals surface area contributed by atoms with E-state index in [1.165, 1.54) is 12.8 Å². The lowest BCUT2D eigenvalue weighted by Crippen LogP contribution is -2.27. The Morgan fingerprint density at radius 1 is 1.27 bits per heavy atom. The van der Waals surface area contributed by atoms with E-state index in [4.69, 9.17) is 4.74 Å². The van der Waals surface area contributed by atoms with Gasteiger partial charge in [0.1, 0.15) is 5.60 Å². The molecule has 0 rings (SSSR count). The Balaban J connectivity index is 0. The maximum atomic E-state index is 11.5. The first-order valence-corrected chi connectivity index (χ1v) is 5.59. The molecule has 0 amide bonds. The smallest absolute Gasteiger partial charge is 0.309 e. The van der Waals surface area contributed by atoms with E-state index in [1.807, 2.05) is 27.7 Å². The first-order valence-electron chi connectivity index (χ1n) is 5.59. The summed E-state index contributed by atoms with van der Waals surface area (Å²) in [5.74, 6) is -0.0191. The number of carbonyl (C=O) groups excluding carboxylic acids is 1. The Morgan fingerprint density at radius 3 is 2.20 bits per heavy atom. The van der Waals surface area contributed by atoms with Crippen LogP contribution in [-0.2, 0) is 9.53 Å². The average molecular weight is 237 g/mol. The molecule has 2 nitrogen and oxygen atoms in total. The second-order valence-corrected chi connectivity index (χ2v) is 4.93. The molecule has 0 aliphatic heterocycles. The van der Waals surface area contributed by atoms with E-state index in [9.17, 15) is 4.79 Å². The van der Waals surface area contributed by atoms with Crippen LogP contribution in [0.15, 0.2) is 0 Å². The first-order chi connectivity index (χ1) is 6.37. The van der Waals surface area contributed by atoms with Gasteiger partial charge in [0.05, 0.1) is 5.92 Å². The van der Waals surface area contributed by atoms with Gasteiger partial charge in [0.25, 0.3) is 0 Å². The van der Waals surface area contributed by atoms with Crippen LogP contribution >= 0.6 is 12.4 Å². The highest BCUT2D eigenvalue weighted by atomic mass is 35.5. The molecule has 0 aliphatic rings. The van der Waals surface area contributed by atoms with Gasteiger partial charge in [-0.2, -0.15) is 0 Å². The number of rotatable bonds is 5. The molecule has 1 unspecified atom stereocenters. The standard InChI is InChI=1S/C12H24O2.ClH/c1-6-7-8-9-10(2)11(13)14-12(3,4)5;/h10H,6-9H2,1-5H3;1H. The fourth-order valence-corrected chi connectivity index (χ4v) is 1.22. The van der Waals surface area contributed by atoms with Crippen LogP contribution in [0.25, 0.3) is 0 Å². The van der Waals surface area contributed by atoms with Gasteiger partial charge in [0, 0.05) is 0 Å². The normalized spacial score (nSPS) is 12.9. The molecule has 0 radical (unpaired) electrons. The molecular weight excluding hydrogens is 212 g/mol. The van der Waals surface area contributed by atoms with Gasteiger partial charge in [-0.3, -0.25) is 4.79 Å². The van der Waals surface area contributed by atoms with E-state index >= 15 is 0 Å². The molecule has 0 saturated carbocycles. The lowest BCUT2D eigenvalue weighted by molar-refractivity contribution is -0.159. The van der Waals surface area contributed by atoms with E-state index in [0.717, 1.165) is 12.8 Å². The molecule has 0 fully saturated rings. The molecular formula is C12H25ClO2. The van der Waals surface area contributed by atoms with Gasteiger partial charge in [0.2, 0.25) is 0 Å². The van der Waals surface area contributed by atoms with Crippen molar-refractivity contribution in [2.24, 2.45) is 5.92 Å². The molecule has 0 heterocycles. The highest BCUT2D eigenvalue weighted by Crippen LogP contribution is 2.15. The van der Waals surface area contributed by atoms with Crippen LogP contribution in [0.3, 0.4) is 0 Å². The summed E-state index contributed by atoms with van der Waals surface area (Å²) >= 11 is 0. The molecule has 0 bridgehead atoms. The van der Waals surface area contributed by atoms with Crippen LogP contribution in [0.4, 0.5) is 0 Å². The van der Waals surface area contributed by atoms with Gasteiger partial charge in [-0.1, -0.05) is 33.1 Å². The molecule has 0 aliphatic carbocycles. The first kappa shape index (κ1) is 17.2. The number of carbonyl (C=O) groups is 1. The van der Waals surface area contributed by atoms with Crippen LogP contribution in [0, 0.1) is 5.92 Å². The van der Waals surface area contributed by atoms with Gasteiger partial charge in [0.15, 0.2) is 0 Å². The highest BCUT2D eigenvalue weighted by molar-refractivity contribution is 5.85. The minimum absolute atomic E-state index is 0. The molecule has 1 atom stereocenters. The van der Waals surface area contributed by atoms with Gasteiger partial charge in [-0.25, -0.2) is 0 Å². The highest BCUT2D eigenvalue weighted by Gasteiger charge is 2.20. The summed E-state index contributed by atoms with van der Waals surface area (Å²) < 4.78 is 5.29. The zero-order valence-corrected chi connectivity index (χ0v) is 11.4. The quantitative estimate of drug-likeness (QED) is 0.534. The number of halogens is 1. The molecule has 3 heteroatoms. The van der Waals surface area contributed by atoms with Crippen molar-refractivity contribution >= 4 is 18.4 Å². The minimum Gasteiger partial charge on any atom is -0.460 e. The Labute approximate surface area is 100 Å². The van der Waals surface area contributed by atoms with Crippen molar-refractivity contribution in [3.05, 3.63) is 0 Å². The van der Waals surface area contributed by atoms with Crippen molar-refractivity contribution in [1.82, 2.24) is 0 Å². The van der Waals surface area contributed by atoms with Crippen molar-refractivity contribution in [2.75, 3.05) is 0 Å². The zero-order chi connectivity index (χ0) is 11.2. The second-order valence-electron chi connectivity index (χ2n) is 4.93. The molecule has 15 heavy (non-hydrogen) atoms. The molecule has 0 aromatic carbocycles. The number of esters is 1. The predicted octanol–water partition coefficient (Wildman–Crippen LogP) is 3.97. The topological polar surface area (TPSA) is 26.3 Å². The summed E-state index contributed by atoms with van der Waals surface area (Å²) in [7, 11) is 0. The molecule has 0 spiro atoms. The Kier molecular flexibility index (Phi) is 9.13. The summed E-state index contributed by atoms with van der Waals surface area (Å²) in [5, 5.41) is 0. The number of hydrogen-bond donors (Lipinski definition) is 0. The predicted molar refractivity (Wildman–Crippen MR) is 66.4 cm³/mol. The molecule has 0 aromatic heterocycles. The third kappa shape index (κ3) is 10.1. The fraction of sp³-hybridized carbons (Fsp3) is 0.917. The van der Waals surface area contributed by atoms with E-state index in [2.05, 4.69) is 6.92 Å². The zero-order valence-electron chi connectivity index (χ0n) is 10.6. The van der Waals surface area contributed by atoms with Crippen molar-refractivity contribution in [2.45, 2.75) is 65.9 Å². The Bertz CT molecular complexity index is 173. The second kappa shape index (κ2) is 7.98. The van der Waals surface area contributed by atoms with Gasteiger partial charge >= 0.3 is 5.97 Å². The van der Waals surface area contributed by atoms with Crippen molar-refractivity contribution in [3.8, 4) is 0 Å². The lowest BCUT2D eigenvalue weighted by atomic mass is 10.0. The molecule has 0 N–H and O–H groups in total. The molecule has 0 aromatic rings. The van der Waals surface area contributed by atoms with Crippen LogP contribution in [0.5, 0.6) is 0 Å². The number of ether oxygens (including phenoxy) is 1. The van der Waals surface area contributed by atoms with Gasteiger partial charge in [-0.15, -0.1) is 12.4 Å². The summed E-state index contributed by atoms with van der Waals surface area (Å²) in [4.78, 5) is 11.5. The average Bonchev–Trinajstić information content (AvgIpc) is 2.01. The van der Waals surface area contributed by atoms with Crippen molar-refractivity contribution < 1.29 is 9.53 Å². The summed E-state index contributed by atoms with van der Waals surface area (Å²) in [6.07, 6.45) is 4.47. The fourth-order valence-electron chi connectivity index (χ4n) is 1.22. The van der Waals surface area contributed by atoms with Crippen LogP contribution in [0.1, 0.15) is 60.3 Å². The van der Waals surface area contributed by atoms with Crippen LogP contribution < -0.4 is 0 Å². The van der Waals surface area contributed by atoms with E-state index in [1.54, 1.807) is 0 Å². The maximum Gasteiger partial charge on any atom is 0.309 e.